The molecule has 0 bridgehead atoms. The Morgan fingerprint density at radius 2 is 1.72 bits per heavy atom. The van der Waals surface area contributed by atoms with Crippen LogP contribution in [0.5, 0.6) is 0 Å². The SMILES string of the molecule is CC1(C(=O)N2CCC(C(=O)N3C[C@@H](c4ccc(Cl)cc4)[C@](C)(CNC(=O)O)C3)CC2)CC1. The topological polar surface area (TPSA) is 90.0 Å². The zero-order valence-electron chi connectivity index (χ0n) is 18.8. The first kappa shape index (κ1) is 22.9. The number of amides is 3. The van der Waals surface area contributed by atoms with E-state index < -0.39 is 11.5 Å². The molecule has 2 atom stereocenters. The summed E-state index contributed by atoms with van der Waals surface area (Å²) < 4.78 is 0. The first-order chi connectivity index (χ1) is 15.1. The minimum absolute atomic E-state index is 0.00653. The third kappa shape index (κ3) is 4.58. The van der Waals surface area contributed by atoms with Crippen molar-refractivity contribution in [3.05, 3.63) is 34.9 Å². The third-order valence-electron chi connectivity index (χ3n) is 7.67. The van der Waals surface area contributed by atoms with Crippen LogP contribution in [0.3, 0.4) is 0 Å². The molecular formula is C24H32ClN3O4. The molecule has 2 N–H and O–H groups in total. The molecule has 1 saturated carbocycles. The summed E-state index contributed by atoms with van der Waals surface area (Å²) in [6.45, 7) is 6.65. The maximum Gasteiger partial charge on any atom is 0.404 e. The molecule has 32 heavy (non-hydrogen) atoms. The molecule has 8 heteroatoms. The van der Waals surface area contributed by atoms with Crippen molar-refractivity contribution >= 4 is 29.5 Å². The Hall–Kier alpha value is -2.28. The zero-order valence-corrected chi connectivity index (χ0v) is 19.5. The molecule has 1 aromatic carbocycles. The van der Waals surface area contributed by atoms with E-state index in [1.54, 1.807) is 0 Å². The van der Waals surface area contributed by atoms with Crippen molar-refractivity contribution in [2.24, 2.45) is 16.7 Å². The number of rotatable bonds is 5. The third-order valence-corrected chi connectivity index (χ3v) is 7.92. The molecule has 1 aliphatic carbocycles. The second kappa shape index (κ2) is 8.58. The molecule has 3 aliphatic rings. The first-order valence-electron chi connectivity index (χ1n) is 11.4. The van der Waals surface area contributed by atoms with Gasteiger partial charge in [-0.1, -0.05) is 37.6 Å². The fourth-order valence-corrected chi connectivity index (χ4v) is 5.38. The molecule has 0 unspecified atom stereocenters. The van der Waals surface area contributed by atoms with E-state index in [0.29, 0.717) is 44.0 Å². The van der Waals surface area contributed by atoms with Gasteiger partial charge < -0.3 is 20.2 Å². The van der Waals surface area contributed by atoms with Crippen LogP contribution in [-0.2, 0) is 9.59 Å². The second-order valence-corrected chi connectivity index (χ2v) is 10.7. The van der Waals surface area contributed by atoms with Crippen molar-refractivity contribution in [1.82, 2.24) is 15.1 Å². The molecule has 1 aromatic rings. The van der Waals surface area contributed by atoms with E-state index >= 15 is 0 Å². The van der Waals surface area contributed by atoms with E-state index in [4.69, 9.17) is 16.7 Å². The molecule has 0 aromatic heterocycles. The van der Waals surface area contributed by atoms with Crippen molar-refractivity contribution in [2.75, 3.05) is 32.7 Å². The van der Waals surface area contributed by atoms with E-state index in [1.807, 2.05) is 47.9 Å². The highest BCUT2D eigenvalue weighted by molar-refractivity contribution is 6.30. The predicted molar refractivity (Wildman–Crippen MR) is 122 cm³/mol. The van der Waals surface area contributed by atoms with Gasteiger partial charge in [0.1, 0.15) is 0 Å². The second-order valence-electron chi connectivity index (χ2n) is 10.3. The van der Waals surface area contributed by atoms with E-state index in [1.165, 1.54) is 0 Å². The quantitative estimate of drug-likeness (QED) is 0.701. The summed E-state index contributed by atoms with van der Waals surface area (Å²) in [5.41, 5.74) is 0.466. The summed E-state index contributed by atoms with van der Waals surface area (Å²) in [5.74, 6) is 0.270. The van der Waals surface area contributed by atoms with Crippen molar-refractivity contribution in [1.29, 1.82) is 0 Å². The van der Waals surface area contributed by atoms with Crippen LogP contribution in [0.15, 0.2) is 24.3 Å². The smallest absolute Gasteiger partial charge is 0.404 e. The Kier molecular flexibility index (Phi) is 6.14. The maximum atomic E-state index is 13.4. The van der Waals surface area contributed by atoms with Crippen LogP contribution in [0, 0.1) is 16.7 Å². The monoisotopic (exact) mass is 461 g/mol. The van der Waals surface area contributed by atoms with Gasteiger partial charge in [-0.15, -0.1) is 0 Å². The van der Waals surface area contributed by atoms with Crippen molar-refractivity contribution < 1.29 is 19.5 Å². The Bertz CT molecular complexity index is 893. The lowest BCUT2D eigenvalue weighted by Gasteiger charge is -2.35. The number of carbonyl (C=O) groups excluding carboxylic acids is 2. The van der Waals surface area contributed by atoms with Crippen LogP contribution >= 0.6 is 11.6 Å². The summed E-state index contributed by atoms with van der Waals surface area (Å²) in [4.78, 5) is 41.0. The van der Waals surface area contributed by atoms with Gasteiger partial charge in [-0.25, -0.2) is 4.79 Å². The summed E-state index contributed by atoms with van der Waals surface area (Å²) in [5, 5.41) is 12.3. The maximum absolute atomic E-state index is 13.4. The summed E-state index contributed by atoms with van der Waals surface area (Å²) >= 11 is 6.06. The molecule has 0 radical (unpaired) electrons. The molecular weight excluding hydrogens is 430 g/mol. The highest BCUT2D eigenvalue weighted by atomic mass is 35.5. The molecule has 2 aliphatic heterocycles. The molecule has 7 nitrogen and oxygen atoms in total. The van der Waals surface area contributed by atoms with Gasteiger partial charge in [-0.05, 0) is 43.4 Å². The highest BCUT2D eigenvalue weighted by Crippen LogP contribution is 2.47. The van der Waals surface area contributed by atoms with Gasteiger partial charge in [0.05, 0.1) is 0 Å². The van der Waals surface area contributed by atoms with Crippen LogP contribution in [-0.4, -0.2) is 65.5 Å². The van der Waals surface area contributed by atoms with E-state index in [2.05, 4.69) is 5.32 Å². The Balaban J connectivity index is 1.44. The lowest BCUT2D eigenvalue weighted by Crippen LogP contribution is -2.46. The van der Waals surface area contributed by atoms with Crippen LogP contribution in [0.2, 0.25) is 5.02 Å². The minimum Gasteiger partial charge on any atom is -0.465 e. The first-order valence-corrected chi connectivity index (χ1v) is 11.8. The molecule has 0 spiro atoms. The Labute approximate surface area is 194 Å². The number of carboxylic acid groups (broad SMARTS) is 1. The van der Waals surface area contributed by atoms with Gasteiger partial charge >= 0.3 is 6.09 Å². The van der Waals surface area contributed by atoms with Gasteiger partial charge in [-0.3, -0.25) is 9.59 Å². The summed E-state index contributed by atoms with van der Waals surface area (Å²) in [6, 6.07) is 7.59. The number of piperidine rings is 1. The highest BCUT2D eigenvalue weighted by Gasteiger charge is 2.49. The average molecular weight is 462 g/mol. The number of nitrogens with one attached hydrogen (secondary N) is 1. The number of benzene rings is 1. The Morgan fingerprint density at radius 1 is 1.09 bits per heavy atom. The zero-order chi connectivity index (χ0) is 23.1. The van der Waals surface area contributed by atoms with Crippen LogP contribution in [0.4, 0.5) is 4.79 Å². The number of hydrogen-bond donors (Lipinski definition) is 2. The van der Waals surface area contributed by atoms with E-state index in [9.17, 15) is 14.4 Å². The van der Waals surface area contributed by atoms with Crippen molar-refractivity contribution in [2.45, 2.75) is 45.4 Å². The lowest BCUT2D eigenvalue weighted by molar-refractivity contribution is -0.142. The van der Waals surface area contributed by atoms with Crippen molar-refractivity contribution in [3.63, 3.8) is 0 Å². The minimum atomic E-state index is -1.06. The number of carbonyl (C=O) groups is 3. The van der Waals surface area contributed by atoms with E-state index in [-0.39, 0.29) is 35.6 Å². The molecule has 3 fully saturated rings. The normalized spacial score (nSPS) is 27.3. The number of nitrogens with zero attached hydrogens (tertiary/aromatic N) is 2. The lowest BCUT2D eigenvalue weighted by atomic mass is 9.76. The largest absolute Gasteiger partial charge is 0.465 e. The fourth-order valence-electron chi connectivity index (χ4n) is 5.25. The fraction of sp³-hybridized carbons (Fsp3) is 0.625. The molecule has 2 saturated heterocycles. The predicted octanol–water partition coefficient (Wildman–Crippen LogP) is 3.58. The summed E-state index contributed by atoms with van der Waals surface area (Å²) in [7, 11) is 0. The number of hydrogen-bond acceptors (Lipinski definition) is 3. The molecule has 4 rings (SSSR count). The van der Waals surface area contributed by atoms with Crippen LogP contribution < -0.4 is 5.32 Å². The van der Waals surface area contributed by atoms with Gasteiger partial charge in [0.15, 0.2) is 0 Å². The van der Waals surface area contributed by atoms with Gasteiger partial charge in [0.2, 0.25) is 11.8 Å². The van der Waals surface area contributed by atoms with Gasteiger partial charge in [0.25, 0.3) is 0 Å². The molecule has 3 amide bonds. The van der Waals surface area contributed by atoms with E-state index in [0.717, 1.165) is 18.4 Å². The molecule has 174 valence electrons. The average Bonchev–Trinajstić information content (AvgIpc) is 3.44. The van der Waals surface area contributed by atoms with Gasteiger partial charge in [-0.2, -0.15) is 0 Å². The van der Waals surface area contributed by atoms with Crippen molar-refractivity contribution in [3.8, 4) is 0 Å². The van der Waals surface area contributed by atoms with Crippen LogP contribution in [0.25, 0.3) is 0 Å². The Morgan fingerprint density at radius 3 is 2.28 bits per heavy atom. The number of halogens is 1. The number of likely N-dealkylation sites (tertiary alicyclic amines) is 2. The summed E-state index contributed by atoms with van der Waals surface area (Å²) in [6.07, 6.45) is 2.24. The standard InChI is InChI=1S/C24H32ClN3O4/c1-23(9-10-23)21(30)27-11-7-17(8-12-27)20(29)28-13-19(16-3-5-18(25)6-4-16)24(2,15-28)14-26-22(31)32/h3-6,17,19,26H,7-15H2,1-2H3,(H,31,32)/t19-,24+/m0/s1. The van der Waals surface area contributed by atoms with Crippen LogP contribution in [0.1, 0.15) is 51.0 Å². The molecule has 2 heterocycles. The van der Waals surface area contributed by atoms with Gasteiger partial charge in [0, 0.05) is 60.4 Å².